The van der Waals surface area contributed by atoms with Gasteiger partial charge in [-0.05, 0) is 30.9 Å². The summed E-state index contributed by atoms with van der Waals surface area (Å²) < 4.78 is 0. The van der Waals surface area contributed by atoms with E-state index in [1.807, 2.05) is 24.3 Å². The minimum atomic E-state index is -0.439. The molecular formula is C15H22N2OS. The molecule has 1 fully saturated rings. The van der Waals surface area contributed by atoms with Crippen LogP contribution in [-0.2, 0) is 0 Å². The van der Waals surface area contributed by atoms with E-state index in [-0.39, 0.29) is 0 Å². The Bertz CT molecular complexity index is 432. The number of benzene rings is 1. The number of β-amino-alcohol motifs (C(OH)–C–C–N with tert-alkyl or cyclic N) is 1. The molecule has 0 amide bonds. The molecule has 104 valence electrons. The molecule has 2 atom stereocenters. The van der Waals surface area contributed by atoms with E-state index in [9.17, 15) is 5.11 Å². The molecule has 0 bridgehead atoms. The van der Waals surface area contributed by atoms with Gasteiger partial charge in [0.25, 0.3) is 0 Å². The van der Waals surface area contributed by atoms with E-state index in [0.29, 0.717) is 11.5 Å². The van der Waals surface area contributed by atoms with E-state index in [2.05, 4.69) is 11.8 Å². The first-order valence-electron chi connectivity index (χ1n) is 6.86. The van der Waals surface area contributed by atoms with Crippen molar-refractivity contribution in [3.05, 3.63) is 35.4 Å². The lowest BCUT2D eigenvalue weighted by molar-refractivity contribution is 0.0876. The fraction of sp³-hybridized carbons (Fsp3) is 0.533. The molecule has 0 spiro atoms. The molecule has 1 aromatic rings. The molecule has 2 unspecified atom stereocenters. The number of nitrogens with two attached hydrogens (primary N) is 1. The Balaban J connectivity index is 1.95. The first kappa shape index (κ1) is 14.4. The summed E-state index contributed by atoms with van der Waals surface area (Å²) >= 11 is 4.92. The summed E-state index contributed by atoms with van der Waals surface area (Å²) in [6.45, 7) is 5.15. The van der Waals surface area contributed by atoms with Crippen molar-refractivity contribution in [2.24, 2.45) is 11.7 Å². The molecule has 19 heavy (non-hydrogen) atoms. The molecular weight excluding hydrogens is 256 g/mol. The number of aliphatic hydroxyl groups is 1. The zero-order valence-electron chi connectivity index (χ0n) is 11.4. The van der Waals surface area contributed by atoms with Gasteiger partial charge in [-0.15, -0.1) is 0 Å². The van der Waals surface area contributed by atoms with E-state index in [4.69, 9.17) is 18.0 Å². The number of nitrogens with zero attached hydrogens (tertiary/aromatic N) is 1. The van der Waals surface area contributed by atoms with Gasteiger partial charge in [-0.1, -0.05) is 43.4 Å². The van der Waals surface area contributed by atoms with Crippen LogP contribution in [-0.4, -0.2) is 34.6 Å². The van der Waals surface area contributed by atoms with E-state index in [1.54, 1.807) is 0 Å². The Morgan fingerprint density at radius 2 is 2.16 bits per heavy atom. The van der Waals surface area contributed by atoms with Crippen LogP contribution >= 0.6 is 12.2 Å². The second-order valence-electron chi connectivity index (χ2n) is 5.51. The molecule has 0 radical (unpaired) electrons. The van der Waals surface area contributed by atoms with Crippen LogP contribution in [0, 0.1) is 5.92 Å². The first-order valence-corrected chi connectivity index (χ1v) is 7.27. The Kier molecular flexibility index (Phi) is 4.91. The third-order valence-corrected chi connectivity index (χ3v) is 3.99. The van der Waals surface area contributed by atoms with E-state index < -0.39 is 6.10 Å². The second-order valence-corrected chi connectivity index (χ2v) is 5.95. The SMILES string of the molecule is CC1CCCN(CC(O)c2ccc(C(N)=S)cc2)C1. The van der Waals surface area contributed by atoms with Crippen molar-refractivity contribution in [3.8, 4) is 0 Å². The monoisotopic (exact) mass is 278 g/mol. The normalized spacial score (nSPS) is 22.1. The minimum absolute atomic E-state index is 0.394. The largest absolute Gasteiger partial charge is 0.389 e. The van der Waals surface area contributed by atoms with Gasteiger partial charge in [0.1, 0.15) is 4.99 Å². The Morgan fingerprint density at radius 3 is 2.74 bits per heavy atom. The van der Waals surface area contributed by atoms with Crippen molar-refractivity contribution in [1.82, 2.24) is 4.90 Å². The maximum absolute atomic E-state index is 10.3. The van der Waals surface area contributed by atoms with Gasteiger partial charge in [0.05, 0.1) is 6.10 Å². The summed E-state index contributed by atoms with van der Waals surface area (Å²) in [6, 6.07) is 7.57. The van der Waals surface area contributed by atoms with Crippen LogP contribution in [0.1, 0.15) is 37.0 Å². The molecule has 1 aromatic carbocycles. The highest BCUT2D eigenvalue weighted by Crippen LogP contribution is 2.20. The van der Waals surface area contributed by atoms with E-state index in [0.717, 1.165) is 30.1 Å². The van der Waals surface area contributed by atoms with Gasteiger partial charge in [-0.25, -0.2) is 0 Å². The van der Waals surface area contributed by atoms with Gasteiger partial charge in [0, 0.05) is 18.7 Å². The maximum atomic E-state index is 10.3. The van der Waals surface area contributed by atoms with Crippen molar-refractivity contribution in [2.75, 3.05) is 19.6 Å². The molecule has 0 aliphatic carbocycles. The highest BCUT2D eigenvalue weighted by atomic mass is 32.1. The number of likely N-dealkylation sites (tertiary alicyclic amines) is 1. The number of hydrogen-bond acceptors (Lipinski definition) is 3. The van der Waals surface area contributed by atoms with E-state index in [1.165, 1.54) is 12.8 Å². The van der Waals surface area contributed by atoms with Crippen LogP contribution in [0.25, 0.3) is 0 Å². The van der Waals surface area contributed by atoms with Crippen molar-refractivity contribution < 1.29 is 5.11 Å². The average Bonchev–Trinajstić information content (AvgIpc) is 2.39. The lowest BCUT2D eigenvalue weighted by Crippen LogP contribution is -2.37. The molecule has 1 saturated heterocycles. The predicted molar refractivity (Wildman–Crippen MR) is 82.1 cm³/mol. The number of aliphatic hydroxyl groups excluding tert-OH is 1. The standard InChI is InChI=1S/C15H22N2OS/c1-11-3-2-8-17(9-11)10-14(18)12-4-6-13(7-5-12)15(16)19/h4-7,11,14,18H,2-3,8-10H2,1H3,(H2,16,19). The third-order valence-electron chi connectivity index (χ3n) is 3.75. The highest BCUT2D eigenvalue weighted by Gasteiger charge is 2.19. The van der Waals surface area contributed by atoms with Crippen LogP contribution in [0.5, 0.6) is 0 Å². The molecule has 3 N–H and O–H groups in total. The Hall–Kier alpha value is -0.970. The summed E-state index contributed by atoms with van der Waals surface area (Å²) in [6.07, 6.45) is 2.09. The molecule has 0 saturated carbocycles. The highest BCUT2D eigenvalue weighted by molar-refractivity contribution is 7.80. The van der Waals surface area contributed by atoms with Crippen LogP contribution in [0.2, 0.25) is 0 Å². The zero-order chi connectivity index (χ0) is 13.8. The number of rotatable bonds is 4. The summed E-state index contributed by atoms with van der Waals surface area (Å²) in [4.78, 5) is 2.74. The summed E-state index contributed by atoms with van der Waals surface area (Å²) in [5.41, 5.74) is 7.34. The first-order chi connectivity index (χ1) is 9.06. The maximum Gasteiger partial charge on any atom is 0.103 e. The van der Waals surface area contributed by atoms with Crippen LogP contribution < -0.4 is 5.73 Å². The van der Waals surface area contributed by atoms with Crippen LogP contribution in [0.15, 0.2) is 24.3 Å². The molecule has 1 aliphatic rings. The van der Waals surface area contributed by atoms with Gasteiger partial charge >= 0.3 is 0 Å². The van der Waals surface area contributed by atoms with Crippen LogP contribution in [0.3, 0.4) is 0 Å². The topological polar surface area (TPSA) is 49.5 Å². The number of thiocarbonyl (C=S) groups is 1. The van der Waals surface area contributed by atoms with Crippen molar-refractivity contribution in [1.29, 1.82) is 0 Å². The fourth-order valence-electron chi connectivity index (χ4n) is 2.67. The van der Waals surface area contributed by atoms with Gasteiger partial charge in [0.2, 0.25) is 0 Å². The molecule has 0 aromatic heterocycles. The summed E-state index contributed by atoms with van der Waals surface area (Å²) in [7, 11) is 0. The number of piperidine rings is 1. The summed E-state index contributed by atoms with van der Waals surface area (Å²) in [5.74, 6) is 0.734. The molecule has 2 rings (SSSR count). The van der Waals surface area contributed by atoms with Gasteiger partial charge in [-0.3, -0.25) is 0 Å². The fourth-order valence-corrected chi connectivity index (χ4v) is 2.81. The molecule has 3 nitrogen and oxygen atoms in total. The van der Waals surface area contributed by atoms with Crippen molar-refractivity contribution in [3.63, 3.8) is 0 Å². The summed E-state index contributed by atoms with van der Waals surface area (Å²) in [5, 5.41) is 10.3. The minimum Gasteiger partial charge on any atom is -0.389 e. The molecule has 1 heterocycles. The quantitative estimate of drug-likeness (QED) is 0.828. The Labute approximate surface area is 120 Å². The van der Waals surface area contributed by atoms with Gasteiger partial charge in [0.15, 0.2) is 0 Å². The Morgan fingerprint density at radius 1 is 1.47 bits per heavy atom. The lowest BCUT2D eigenvalue weighted by Gasteiger charge is -2.32. The smallest absolute Gasteiger partial charge is 0.103 e. The molecule has 1 aliphatic heterocycles. The predicted octanol–water partition coefficient (Wildman–Crippen LogP) is 2.09. The third kappa shape index (κ3) is 4.00. The van der Waals surface area contributed by atoms with Gasteiger partial charge in [-0.2, -0.15) is 0 Å². The molecule has 4 heteroatoms. The van der Waals surface area contributed by atoms with Gasteiger partial charge < -0.3 is 15.7 Å². The lowest BCUT2D eigenvalue weighted by atomic mass is 9.99. The van der Waals surface area contributed by atoms with Crippen molar-refractivity contribution in [2.45, 2.75) is 25.9 Å². The average molecular weight is 278 g/mol. The number of hydrogen-bond donors (Lipinski definition) is 2. The van der Waals surface area contributed by atoms with E-state index >= 15 is 0 Å². The second kappa shape index (κ2) is 6.46. The van der Waals surface area contributed by atoms with Crippen molar-refractivity contribution >= 4 is 17.2 Å². The van der Waals surface area contributed by atoms with Crippen LogP contribution in [0.4, 0.5) is 0 Å². The zero-order valence-corrected chi connectivity index (χ0v) is 12.2.